The first kappa shape index (κ1) is 19.0. The van der Waals surface area contributed by atoms with Crippen molar-refractivity contribution < 1.29 is 19.5 Å². The molecule has 3 rings (SSSR count). The molecule has 7 heteroatoms. The molecule has 0 aromatic heterocycles. The summed E-state index contributed by atoms with van der Waals surface area (Å²) in [6.45, 7) is 0.240. The third-order valence-electron chi connectivity index (χ3n) is 4.55. The molecule has 1 unspecified atom stereocenters. The van der Waals surface area contributed by atoms with Crippen molar-refractivity contribution in [3.05, 3.63) is 60.2 Å². The van der Waals surface area contributed by atoms with E-state index in [0.29, 0.717) is 5.56 Å². The van der Waals surface area contributed by atoms with Gasteiger partial charge in [0.15, 0.2) is 6.04 Å². The van der Waals surface area contributed by atoms with Gasteiger partial charge in [-0.15, -0.1) is 11.8 Å². The Balaban J connectivity index is 1.70. The molecule has 6 nitrogen and oxygen atoms in total. The number of nitrogens with zero attached hydrogens (tertiary/aromatic N) is 1. The summed E-state index contributed by atoms with van der Waals surface area (Å²) in [6, 6.07) is 14.9. The Morgan fingerprint density at radius 2 is 1.81 bits per heavy atom. The summed E-state index contributed by atoms with van der Waals surface area (Å²) in [7, 11) is 0. The lowest BCUT2D eigenvalue weighted by Crippen LogP contribution is -2.38. The van der Waals surface area contributed by atoms with Gasteiger partial charge in [-0.1, -0.05) is 30.3 Å². The van der Waals surface area contributed by atoms with Gasteiger partial charge >= 0.3 is 5.97 Å². The van der Waals surface area contributed by atoms with Gasteiger partial charge in [0.05, 0.1) is 5.92 Å². The number of carboxylic acids is 1. The molecule has 2 aromatic carbocycles. The second-order valence-corrected chi connectivity index (χ2v) is 7.17. The Hall–Kier alpha value is -2.80. The minimum absolute atomic E-state index is 0.0667. The van der Waals surface area contributed by atoms with Crippen molar-refractivity contribution in [2.75, 3.05) is 17.7 Å². The van der Waals surface area contributed by atoms with E-state index in [0.717, 1.165) is 10.6 Å². The van der Waals surface area contributed by atoms with Crippen LogP contribution in [0.25, 0.3) is 0 Å². The van der Waals surface area contributed by atoms with Crippen LogP contribution in [0.4, 0.5) is 5.69 Å². The Morgan fingerprint density at radius 3 is 2.41 bits per heavy atom. The number of benzene rings is 2. The van der Waals surface area contributed by atoms with Crippen molar-refractivity contribution >= 4 is 35.2 Å². The van der Waals surface area contributed by atoms with Gasteiger partial charge < -0.3 is 15.3 Å². The number of rotatable bonds is 6. The van der Waals surface area contributed by atoms with E-state index in [1.165, 1.54) is 0 Å². The molecule has 0 saturated carbocycles. The molecular formula is C20H20N2O4S. The Labute approximate surface area is 161 Å². The molecule has 1 aliphatic heterocycles. The first-order chi connectivity index (χ1) is 13.0. The van der Waals surface area contributed by atoms with Gasteiger partial charge in [0.1, 0.15) is 0 Å². The van der Waals surface area contributed by atoms with Crippen molar-refractivity contribution in [2.45, 2.75) is 17.4 Å². The normalized spacial score (nSPS) is 17.6. The van der Waals surface area contributed by atoms with E-state index in [1.54, 1.807) is 47.0 Å². The van der Waals surface area contributed by atoms with Gasteiger partial charge in [0.2, 0.25) is 11.8 Å². The van der Waals surface area contributed by atoms with Crippen LogP contribution in [0.2, 0.25) is 0 Å². The molecular weight excluding hydrogens is 364 g/mol. The number of carboxylic acid groups (broad SMARTS) is 1. The van der Waals surface area contributed by atoms with Gasteiger partial charge in [0.25, 0.3) is 0 Å². The smallest absolute Gasteiger partial charge is 0.330 e. The molecule has 1 aliphatic rings. The standard InChI is InChI=1S/C20H20N2O4S/c1-27-16-9-7-15(8-10-16)22-12-14(11-17(22)23)19(24)21-18(20(25)26)13-5-3-2-4-6-13/h2-10,14,18H,11-12H2,1H3,(H,21,24)(H,25,26)/t14?,18-/m1/s1. The van der Waals surface area contributed by atoms with Crippen LogP contribution in [0.3, 0.4) is 0 Å². The molecule has 1 fully saturated rings. The van der Waals surface area contributed by atoms with Crippen LogP contribution in [-0.2, 0) is 14.4 Å². The lowest BCUT2D eigenvalue weighted by molar-refractivity contribution is -0.142. The maximum atomic E-state index is 12.6. The van der Waals surface area contributed by atoms with Crippen molar-refractivity contribution in [3.8, 4) is 0 Å². The first-order valence-electron chi connectivity index (χ1n) is 8.52. The Kier molecular flexibility index (Phi) is 5.81. The number of amides is 2. The van der Waals surface area contributed by atoms with Crippen molar-refractivity contribution in [1.82, 2.24) is 5.32 Å². The number of aliphatic carboxylic acids is 1. The van der Waals surface area contributed by atoms with E-state index in [2.05, 4.69) is 5.32 Å². The molecule has 0 radical (unpaired) electrons. The highest BCUT2D eigenvalue weighted by atomic mass is 32.2. The summed E-state index contributed by atoms with van der Waals surface area (Å²) in [5.41, 5.74) is 1.23. The van der Waals surface area contributed by atoms with Crippen LogP contribution in [-0.4, -0.2) is 35.7 Å². The second-order valence-electron chi connectivity index (χ2n) is 6.29. The summed E-state index contributed by atoms with van der Waals surface area (Å²) >= 11 is 1.61. The highest BCUT2D eigenvalue weighted by Crippen LogP contribution is 2.27. The topological polar surface area (TPSA) is 86.7 Å². The lowest BCUT2D eigenvalue weighted by Gasteiger charge is -2.19. The Bertz CT molecular complexity index is 839. The Morgan fingerprint density at radius 1 is 1.15 bits per heavy atom. The summed E-state index contributed by atoms with van der Waals surface area (Å²) in [5.74, 6) is -2.28. The second kappa shape index (κ2) is 8.26. The SMILES string of the molecule is CSc1ccc(N2CC(C(=O)N[C@@H](C(=O)O)c3ccccc3)CC2=O)cc1. The monoisotopic (exact) mass is 384 g/mol. The molecule has 0 bridgehead atoms. The number of anilines is 1. The van der Waals surface area contributed by atoms with E-state index < -0.39 is 23.8 Å². The maximum absolute atomic E-state index is 12.6. The largest absolute Gasteiger partial charge is 0.479 e. The maximum Gasteiger partial charge on any atom is 0.330 e. The number of carbonyl (C=O) groups excluding carboxylic acids is 2. The number of hydrogen-bond acceptors (Lipinski definition) is 4. The van der Waals surface area contributed by atoms with Crippen molar-refractivity contribution in [1.29, 1.82) is 0 Å². The van der Waals surface area contributed by atoms with Crippen molar-refractivity contribution in [2.24, 2.45) is 5.92 Å². The van der Waals surface area contributed by atoms with Crippen LogP contribution in [0.15, 0.2) is 59.5 Å². The van der Waals surface area contributed by atoms with Crippen LogP contribution in [0, 0.1) is 5.92 Å². The van der Waals surface area contributed by atoms with Gasteiger partial charge in [0, 0.05) is 23.5 Å². The predicted molar refractivity (Wildman–Crippen MR) is 104 cm³/mol. The highest BCUT2D eigenvalue weighted by molar-refractivity contribution is 7.98. The fourth-order valence-electron chi connectivity index (χ4n) is 3.09. The molecule has 2 N–H and O–H groups in total. The van der Waals surface area contributed by atoms with Gasteiger partial charge in [-0.3, -0.25) is 9.59 Å². The number of nitrogens with one attached hydrogen (secondary N) is 1. The molecule has 2 aromatic rings. The number of carbonyl (C=O) groups is 3. The van der Waals surface area contributed by atoms with Crippen molar-refractivity contribution in [3.63, 3.8) is 0 Å². The van der Waals surface area contributed by atoms with E-state index in [-0.39, 0.29) is 18.9 Å². The van der Waals surface area contributed by atoms with Crippen LogP contribution in [0.5, 0.6) is 0 Å². The number of hydrogen-bond donors (Lipinski definition) is 2. The molecule has 0 aliphatic carbocycles. The quantitative estimate of drug-likeness (QED) is 0.748. The fourth-order valence-corrected chi connectivity index (χ4v) is 3.50. The summed E-state index contributed by atoms with van der Waals surface area (Å²) in [5, 5.41) is 12.0. The fraction of sp³-hybridized carbons (Fsp3) is 0.250. The van der Waals surface area contributed by atoms with Crippen LogP contribution < -0.4 is 10.2 Å². The molecule has 2 atom stereocenters. The molecule has 1 saturated heterocycles. The van der Waals surface area contributed by atoms with Crippen LogP contribution in [0.1, 0.15) is 18.0 Å². The lowest BCUT2D eigenvalue weighted by atomic mass is 10.0. The zero-order valence-electron chi connectivity index (χ0n) is 14.8. The van der Waals surface area contributed by atoms with Gasteiger partial charge in [-0.25, -0.2) is 4.79 Å². The minimum Gasteiger partial charge on any atom is -0.479 e. The average Bonchev–Trinajstić information content (AvgIpc) is 3.08. The third-order valence-corrected chi connectivity index (χ3v) is 5.29. The molecule has 27 heavy (non-hydrogen) atoms. The van der Waals surface area contributed by atoms with E-state index in [9.17, 15) is 19.5 Å². The molecule has 140 valence electrons. The number of thioether (sulfide) groups is 1. The summed E-state index contributed by atoms with van der Waals surface area (Å²) < 4.78 is 0. The minimum atomic E-state index is -1.14. The highest BCUT2D eigenvalue weighted by Gasteiger charge is 2.36. The zero-order chi connectivity index (χ0) is 19.4. The average molecular weight is 384 g/mol. The molecule has 2 amide bonds. The van der Waals surface area contributed by atoms with Gasteiger partial charge in [-0.05, 0) is 36.1 Å². The van der Waals surface area contributed by atoms with Gasteiger partial charge in [-0.2, -0.15) is 0 Å². The van der Waals surface area contributed by atoms with E-state index >= 15 is 0 Å². The van der Waals surface area contributed by atoms with E-state index in [1.807, 2.05) is 30.5 Å². The third kappa shape index (κ3) is 4.31. The first-order valence-corrected chi connectivity index (χ1v) is 9.74. The molecule has 0 spiro atoms. The zero-order valence-corrected chi connectivity index (χ0v) is 15.6. The predicted octanol–water partition coefficient (Wildman–Crippen LogP) is 2.70. The summed E-state index contributed by atoms with van der Waals surface area (Å²) in [6.07, 6.45) is 2.04. The van der Waals surface area contributed by atoms with E-state index in [4.69, 9.17) is 0 Å². The molecule has 1 heterocycles. The van der Waals surface area contributed by atoms with Crippen LogP contribution >= 0.6 is 11.8 Å². The summed E-state index contributed by atoms with van der Waals surface area (Å²) in [4.78, 5) is 39.2.